The maximum Gasteiger partial charge on any atom is 1.00 e. The zero-order valence-electron chi connectivity index (χ0n) is 17.9. The molecule has 1 N–H and O–H groups in total. The molecule has 1 amide bonds. The fourth-order valence-electron chi connectivity index (χ4n) is 3.75. The molecule has 166 valence electrons. The van der Waals surface area contributed by atoms with Gasteiger partial charge in [-0.2, -0.15) is 0 Å². The third-order valence-electron chi connectivity index (χ3n) is 4.89. The summed E-state index contributed by atoms with van der Waals surface area (Å²) in [7, 11) is -9.95. The topological polar surface area (TPSA) is 162 Å². The molecule has 0 atom stereocenters. The summed E-state index contributed by atoms with van der Waals surface area (Å²) in [4.78, 5) is 13.3. The van der Waals surface area contributed by atoms with Gasteiger partial charge in [-0.15, -0.1) is 0 Å². The average molecular weight is 521 g/mol. The number of carbonyl (C=O) groups is 1. The van der Waals surface area contributed by atoms with E-state index >= 15 is 0 Å². The minimum atomic E-state index is -4.97. The fraction of sp³-hybridized carbons (Fsp3) is 0.0500. The summed E-state index contributed by atoms with van der Waals surface area (Å²) in [5, 5.41) is 2.80. The van der Waals surface area contributed by atoms with Crippen LogP contribution in [0.25, 0.3) is 0 Å². The Morgan fingerprint density at radius 2 is 1.09 bits per heavy atom. The molecule has 4 rings (SSSR count). The van der Waals surface area contributed by atoms with Crippen LogP contribution in [0, 0.1) is 0 Å². The summed E-state index contributed by atoms with van der Waals surface area (Å²) in [6.07, 6.45) is 0. The normalized spacial score (nSPS) is 14.1. The van der Waals surface area contributed by atoms with E-state index in [1.165, 1.54) is 48.5 Å². The number of nitrogens with one attached hydrogen (secondary N) is 1. The van der Waals surface area contributed by atoms with Crippen LogP contribution in [0.4, 0.5) is 5.69 Å². The van der Waals surface area contributed by atoms with E-state index in [-0.39, 0.29) is 70.6 Å². The maximum atomic E-state index is 13.3. The van der Waals surface area contributed by atoms with Gasteiger partial charge < -0.3 is 22.8 Å². The molecule has 10 nitrogen and oxygen atoms in total. The number of benzene rings is 3. The monoisotopic (exact) mass is 521 g/mol. The minimum absolute atomic E-state index is 0. The van der Waals surface area contributed by atoms with Crippen molar-refractivity contribution in [3.05, 3.63) is 89.5 Å². The van der Waals surface area contributed by atoms with Crippen molar-refractivity contribution >= 4 is 32.4 Å². The Labute approximate surface area is 240 Å². The molecule has 0 fully saturated rings. The zero-order valence-corrected chi connectivity index (χ0v) is 23.6. The summed E-state index contributed by atoms with van der Waals surface area (Å²) in [5.74, 6) is -0.876. The maximum absolute atomic E-state index is 13.3. The van der Waals surface area contributed by atoms with Crippen LogP contribution in [0.1, 0.15) is 16.7 Å². The van der Waals surface area contributed by atoms with Crippen LogP contribution in [0.15, 0.2) is 72.8 Å². The summed E-state index contributed by atoms with van der Waals surface area (Å²) in [6.45, 7) is 0. The van der Waals surface area contributed by atoms with Gasteiger partial charge in [-0.1, -0.05) is 42.5 Å². The Morgan fingerprint density at radius 1 is 0.676 bits per heavy atom. The Morgan fingerprint density at radius 3 is 1.50 bits per heavy atom. The van der Waals surface area contributed by atoms with Gasteiger partial charge in [-0.05, 0) is 41.5 Å². The van der Waals surface area contributed by atoms with Gasteiger partial charge >= 0.3 is 59.1 Å². The van der Waals surface area contributed by atoms with Crippen molar-refractivity contribution in [1.29, 1.82) is 0 Å². The van der Waals surface area contributed by atoms with Crippen LogP contribution in [0.3, 0.4) is 0 Å². The van der Waals surface area contributed by atoms with Crippen LogP contribution < -0.4 is 72.8 Å². The molecule has 1 aliphatic heterocycles. The molecule has 34 heavy (non-hydrogen) atoms. The van der Waals surface area contributed by atoms with Crippen molar-refractivity contribution in [2.45, 2.75) is 5.41 Å². The Balaban J connectivity index is 0.00000204. The molecule has 0 spiro atoms. The van der Waals surface area contributed by atoms with Gasteiger partial charge in [0.1, 0.15) is 16.9 Å². The van der Waals surface area contributed by atoms with Crippen molar-refractivity contribution in [3.8, 4) is 11.5 Å². The predicted octanol–water partition coefficient (Wildman–Crippen LogP) is -4.34. The first-order valence-corrected chi connectivity index (χ1v) is 11.6. The van der Waals surface area contributed by atoms with Gasteiger partial charge in [0.05, 0.1) is 0 Å². The smallest absolute Gasteiger partial charge is 0.716 e. The SMILES string of the molecule is O=C1Nc2ccccc2C1(c1ccc(OS(=O)(=O)[O-])cc1)c1ccc(OS(=O)(=O)[O-])cc1.[Na+].[Na+]. The van der Waals surface area contributed by atoms with Crippen molar-refractivity contribution in [2.75, 3.05) is 5.32 Å². The first-order chi connectivity index (χ1) is 15.0. The molecule has 0 bridgehead atoms. The van der Waals surface area contributed by atoms with Gasteiger partial charge in [-0.25, -0.2) is 16.8 Å². The fourth-order valence-corrected chi connectivity index (χ4v) is 4.45. The van der Waals surface area contributed by atoms with E-state index in [2.05, 4.69) is 13.7 Å². The number of hydrogen-bond donors (Lipinski definition) is 1. The summed E-state index contributed by atoms with van der Waals surface area (Å²) in [6, 6.07) is 17.6. The van der Waals surface area contributed by atoms with Gasteiger partial charge in [0.25, 0.3) is 20.8 Å². The summed E-state index contributed by atoms with van der Waals surface area (Å²) in [5.41, 5.74) is 0.560. The number of rotatable bonds is 6. The predicted molar refractivity (Wildman–Crippen MR) is 108 cm³/mol. The van der Waals surface area contributed by atoms with E-state index in [4.69, 9.17) is 0 Å². The molecule has 0 aliphatic carbocycles. The van der Waals surface area contributed by atoms with E-state index < -0.39 is 32.1 Å². The van der Waals surface area contributed by atoms with E-state index in [1.54, 1.807) is 24.3 Å². The molecule has 1 aliphatic rings. The molecule has 0 unspecified atom stereocenters. The minimum Gasteiger partial charge on any atom is -0.716 e. The van der Waals surface area contributed by atoms with Gasteiger partial charge in [0.2, 0.25) is 5.91 Å². The molecular weight excluding hydrogens is 508 g/mol. The number of amides is 1. The first-order valence-electron chi connectivity index (χ1n) is 8.92. The van der Waals surface area contributed by atoms with Crippen molar-refractivity contribution in [1.82, 2.24) is 0 Å². The molecular formula is C20H13NNa2O9S2. The quantitative estimate of drug-likeness (QED) is 0.192. The third-order valence-corrected chi connectivity index (χ3v) is 5.68. The van der Waals surface area contributed by atoms with Crippen LogP contribution in [0.5, 0.6) is 11.5 Å². The number of hydrogen-bond acceptors (Lipinski definition) is 9. The van der Waals surface area contributed by atoms with Gasteiger partial charge in [0.15, 0.2) is 0 Å². The first kappa shape index (κ1) is 28.8. The third kappa shape index (κ3) is 5.85. The van der Waals surface area contributed by atoms with Crippen molar-refractivity contribution < 1.29 is 98.2 Å². The Hall–Kier alpha value is -1.45. The van der Waals surface area contributed by atoms with E-state index in [0.29, 0.717) is 22.4 Å². The average Bonchev–Trinajstić information content (AvgIpc) is 2.99. The van der Waals surface area contributed by atoms with Crippen molar-refractivity contribution in [3.63, 3.8) is 0 Å². The molecule has 1 heterocycles. The molecule has 0 aromatic heterocycles. The zero-order chi connectivity index (χ0) is 23.1. The molecule has 3 aromatic rings. The second-order valence-corrected chi connectivity index (χ2v) is 8.75. The number of fused-ring (bicyclic) bond motifs is 1. The van der Waals surface area contributed by atoms with Crippen LogP contribution in [-0.4, -0.2) is 31.8 Å². The van der Waals surface area contributed by atoms with Gasteiger partial charge in [0, 0.05) is 11.3 Å². The molecule has 0 saturated carbocycles. The van der Waals surface area contributed by atoms with Crippen molar-refractivity contribution in [2.24, 2.45) is 0 Å². The number of para-hydroxylation sites is 1. The molecule has 14 heteroatoms. The summed E-state index contributed by atoms with van der Waals surface area (Å²) >= 11 is 0. The molecule has 3 aromatic carbocycles. The number of anilines is 1. The van der Waals surface area contributed by atoms with E-state index in [0.717, 1.165) is 0 Å². The van der Waals surface area contributed by atoms with Crippen LogP contribution >= 0.6 is 0 Å². The second kappa shape index (κ2) is 10.7. The molecule has 0 radical (unpaired) electrons. The Bertz CT molecular complexity index is 1330. The van der Waals surface area contributed by atoms with E-state index in [1.807, 2.05) is 0 Å². The van der Waals surface area contributed by atoms with Crippen LogP contribution in [-0.2, 0) is 31.0 Å². The largest absolute Gasteiger partial charge is 1.00 e. The summed E-state index contributed by atoms with van der Waals surface area (Å²) < 4.78 is 73.8. The van der Waals surface area contributed by atoms with Gasteiger partial charge in [-0.3, -0.25) is 4.79 Å². The van der Waals surface area contributed by atoms with E-state index in [9.17, 15) is 30.7 Å². The molecule has 0 saturated heterocycles. The van der Waals surface area contributed by atoms with Crippen LogP contribution in [0.2, 0.25) is 0 Å². The Kier molecular flexibility index (Phi) is 9.03. The standard InChI is InChI=1S/C20H15NO9S2.2Na/c22-19-20(17-3-1-2-4-18(17)21-19,13-5-9-15(10-6-13)29-31(23,24)25)14-7-11-16(12-8-14)30-32(26,27)28;;/h1-12H,(H,21,22)(H,23,24,25)(H,26,27,28);;/q;2*+1/p-2. The second-order valence-electron chi connectivity index (χ2n) is 6.78. The number of carbonyl (C=O) groups excluding carboxylic acids is 1.